The number of rotatable bonds is 4. The lowest BCUT2D eigenvalue weighted by molar-refractivity contribution is -0.140. The zero-order chi connectivity index (χ0) is 15.6. The van der Waals surface area contributed by atoms with Crippen LogP contribution in [-0.2, 0) is 22.0 Å². The van der Waals surface area contributed by atoms with Crippen LogP contribution in [0, 0.1) is 0 Å². The minimum absolute atomic E-state index is 0.0679. The van der Waals surface area contributed by atoms with Crippen molar-refractivity contribution in [2.75, 3.05) is 18.5 Å². The summed E-state index contributed by atoms with van der Waals surface area (Å²) in [6.45, 7) is 8.33. The van der Waals surface area contributed by atoms with E-state index in [0.29, 0.717) is 18.2 Å². The fourth-order valence-corrected chi connectivity index (χ4v) is 1.86. The molecule has 0 radical (unpaired) electrons. The molecule has 0 unspecified atom stereocenters. The number of nitrogens with one attached hydrogen (secondary N) is 1. The second kappa shape index (κ2) is 5.67. The van der Waals surface area contributed by atoms with Gasteiger partial charge in [0.2, 0.25) is 0 Å². The summed E-state index contributed by atoms with van der Waals surface area (Å²) in [4.78, 5) is 20.6. The first-order valence-corrected chi connectivity index (χ1v) is 6.92. The Morgan fingerprint density at radius 2 is 2.10 bits per heavy atom. The molecular formula is C14H21N5O2. The molecular weight excluding hydrogens is 270 g/mol. The third kappa shape index (κ3) is 3.29. The number of nitrogens with zero attached hydrogens (tertiary/aromatic N) is 4. The van der Waals surface area contributed by atoms with E-state index in [1.54, 1.807) is 17.8 Å². The Hall–Kier alpha value is -2.18. The van der Waals surface area contributed by atoms with E-state index in [1.165, 1.54) is 0 Å². The summed E-state index contributed by atoms with van der Waals surface area (Å²) in [5.74, 6) is 0.987. The highest BCUT2D eigenvalue weighted by molar-refractivity contribution is 5.88. The Morgan fingerprint density at radius 3 is 2.71 bits per heavy atom. The maximum absolute atomic E-state index is 11.5. The van der Waals surface area contributed by atoms with Crippen LogP contribution in [0.1, 0.15) is 33.5 Å². The Bertz CT molecular complexity index is 657. The summed E-state index contributed by atoms with van der Waals surface area (Å²) in [6.07, 6.45) is 1.69. The van der Waals surface area contributed by atoms with Gasteiger partial charge in [0, 0.05) is 12.5 Å². The molecule has 0 atom stereocenters. The second-order valence-corrected chi connectivity index (χ2v) is 5.81. The van der Waals surface area contributed by atoms with Gasteiger partial charge in [-0.3, -0.25) is 9.48 Å². The van der Waals surface area contributed by atoms with Crippen LogP contribution < -0.4 is 5.32 Å². The van der Waals surface area contributed by atoms with Gasteiger partial charge in [-0.2, -0.15) is 5.10 Å². The van der Waals surface area contributed by atoms with Gasteiger partial charge >= 0.3 is 5.97 Å². The van der Waals surface area contributed by atoms with Crippen molar-refractivity contribution in [1.29, 1.82) is 0 Å². The van der Waals surface area contributed by atoms with Crippen LogP contribution in [0.3, 0.4) is 0 Å². The fraction of sp³-hybridized carbons (Fsp3) is 0.571. The van der Waals surface area contributed by atoms with E-state index in [2.05, 4.69) is 20.4 Å². The molecule has 7 heteroatoms. The molecule has 114 valence electrons. The first-order valence-electron chi connectivity index (χ1n) is 6.92. The molecule has 0 aromatic carbocycles. The number of aromatic nitrogens is 4. The molecule has 1 N–H and O–H groups in total. The molecule has 0 fully saturated rings. The van der Waals surface area contributed by atoms with Crippen molar-refractivity contribution in [3.63, 3.8) is 0 Å². The highest BCUT2D eigenvalue weighted by Gasteiger charge is 2.21. The van der Waals surface area contributed by atoms with Gasteiger partial charge in [-0.1, -0.05) is 20.8 Å². The Kier molecular flexibility index (Phi) is 4.11. The van der Waals surface area contributed by atoms with Crippen LogP contribution in [0.5, 0.6) is 0 Å². The molecule has 0 aliphatic heterocycles. The zero-order valence-corrected chi connectivity index (χ0v) is 13.1. The topological polar surface area (TPSA) is 81.9 Å². The van der Waals surface area contributed by atoms with Crippen molar-refractivity contribution in [1.82, 2.24) is 19.7 Å². The zero-order valence-electron chi connectivity index (χ0n) is 13.1. The molecule has 0 saturated heterocycles. The van der Waals surface area contributed by atoms with E-state index in [1.807, 2.05) is 27.8 Å². The lowest BCUT2D eigenvalue weighted by Crippen LogP contribution is -2.21. The summed E-state index contributed by atoms with van der Waals surface area (Å²) in [7, 11) is 1.83. The van der Waals surface area contributed by atoms with Gasteiger partial charge in [0.25, 0.3) is 0 Å². The van der Waals surface area contributed by atoms with Crippen LogP contribution >= 0.6 is 0 Å². The summed E-state index contributed by atoms with van der Waals surface area (Å²) in [6, 6.07) is 0. The normalized spacial score (nSPS) is 11.7. The summed E-state index contributed by atoms with van der Waals surface area (Å²) < 4.78 is 6.61. The number of hydrogen-bond acceptors (Lipinski definition) is 6. The Labute approximate surface area is 123 Å². The third-order valence-corrected chi connectivity index (χ3v) is 2.97. The van der Waals surface area contributed by atoms with Crippen molar-refractivity contribution in [2.45, 2.75) is 33.1 Å². The lowest BCUT2D eigenvalue weighted by Gasteiger charge is -2.18. The van der Waals surface area contributed by atoms with Gasteiger partial charge in [0.05, 0.1) is 18.2 Å². The lowest BCUT2D eigenvalue weighted by atomic mass is 9.95. The average molecular weight is 291 g/mol. The molecule has 2 rings (SSSR count). The summed E-state index contributed by atoms with van der Waals surface area (Å²) in [5, 5.41) is 8.01. The maximum atomic E-state index is 11.5. The van der Waals surface area contributed by atoms with Gasteiger partial charge in [0.15, 0.2) is 5.65 Å². The van der Waals surface area contributed by atoms with E-state index in [4.69, 9.17) is 4.74 Å². The molecule has 2 heterocycles. The molecule has 0 bridgehead atoms. The number of aryl methyl sites for hydroxylation is 1. The van der Waals surface area contributed by atoms with Gasteiger partial charge < -0.3 is 10.1 Å². The molecule has 21 heavy (non-hydrogen) atoms. The molecule has 2 aromatic heterocycles. The van der Waals surface area contributed by atoms with E-state index in [0.717, 1.165) is 11.0 Å². The van der Waals surface area contributed by atoms with Gasteiger partial charge in [-0.05, 0) is 6.92 Å². The highest BCUT2D eigenvalue weighted by atomic mass is 16.5. The molecule has 7 nitrogen and oxygen atoms in total. The molecule has 0 aliphatic rings. The number of ether oxygens (including phenoxy) is 1. The largest absolute Gasteiger partial charge is 0.465 e. The van der Waals surface area contributed by atoms with Crippen LogP contribution in [0.25, 0.3) is 11.0 Å². The Balaban J connectivity index is 2.39. The predicted octanol–water partition coefficient (Wildman–Crippen LogP) is 1.64. The molecule has 2 aromatic rings. The minimum Gasteiger partial charge on any atom is -0.465 e. The van der Waals surface area contributed by atoms with E-state index < -0.39 is 0 Å². The van der Waals surface area contributed by atoms with Crippen molar-refractivity contribution >= 4 is 22.8 Å². The highest BCUT2D eigenvalue weighted by Crippen LogP contribution is 2.25. The number of esters is 1. The fourth-order valence-electron chi connectivity index (χ4n) is 1.86. The van der Waals surface area contributed by atoms with Crippen molar-refractivity contribution in [3.8, 4) is 0 Å². The molecule has 0 aliphatic carbocycles. The molecule has 0 spiro atoms. The number of anilines is 1. The monoisotopic (exact) mass is 291 g/mol. The van der Waals surface area contributed by atoms with Crippen LogP contribution in [-0.4, -0.2) is 38.9 Å². The van der Waals surface area contributed by atoms with E-state index in [-0.39, 0.29) is 17.9 Å². The summed E-state index contributed by atoms with van der Waals surface area (Å²) in [5.41, 5.74) is 0.542. The molecule has 0 saturated carbocycles. The quantitative estimate of drug-likeness (QED) is 0.862. The number of carbonyl (C=O) groups excluding carboxylic acids is 1. The average Bonchev–Trinajstić information content (AvgIpc) is 2.77. The SMILES string of the molecule is CCOC(=O)CNc1nc(C(C)(C)C)nc2c1cnn2C. The first-order chi connectivity index (χ1) is 9.82. The number of carbonyl (C=O) groups is 1. The Morgan fingerprint density at radius 1 is 1.38 bits per heavy atom. The standard InChI is InChI=1S/C14H21N5O2/c1-6-21-10(20)8-15-11-9-7-16-19(5)12(9)18-13(17-11)14(2,3)4/h7H,6,8H2,1-5H3,(H,15,17,18). The second-order valence-electron chi connectivity index (χ2n) is 5.81. The van der Waals surface area contributed by atoms with Crippen LogP contribution in [0.15, 0.2) is 6.20 Å². The molecule has 0 amide bonds. The van der Waals surface area contributed by atoms with E-state index in [9.17, 15) is 4.79 Å². The van der Waals surface area contributed by atoms with Crippen molar-refractivity contribution in [2.24, 2.45) is 7.05 Å². The summed E-state index contributed by atoms with van der Waals surface area (Å²) >= 11 is 0. The smallest absolute Gasteiger partial charge is 0.325 e. The van der Waals surface area contributed by atoms with Crippen LogP contribution in [0.4, 0.5) is 5.82 Å². The van der Waals surface area contributed by atoms with Gasteiger partial charge in [-0.15, -0.1) is 0 Å². The number of hydrogen-bond donors (Lipinski definition) is 1. The third-order valence-electron chi connectivity index (χ3n) is 2.97. The first kappa shape index (κ1) is 15.2. The minimum atomic E-state index is -0.314. The van der Waals surface area contributed by atoms with Crippen molar-refractivity contribution in [3.05, 3.63) is 12.0 Å². The van der Waals surface area contributed by atoms with Gasteiger partial charge in [0.1, 0.15) is 18.2 Å². The number of fused-ring (bicyclic) bond motifs is 1. The van der Waals surface area contributed by atoms with Crippen molar-refractivity contribution < 1.29 is 9.53 Å². The van der Waals surface area contributed by atoms with Crippen LogP contribution in [0.2, 0.25) is 0 Å². The van der Waals surface area contributed by atoms with E-state index >= 15 is 0 Å². The van der Waals surface area contributed by atoms with Gasteiger partial charge in [-0.25, -0.2) is 9.97 Å². The predicted molar refractivity (Wildman–Crippen MR) is 80.1 cm³/mol. The maximum Gasteiger partial charge on any atom is 0.325 e.